The standard InChI is InChI=1S/C22H26ClN3O4/c1-22(2,3)29-21(28)25-13-10-16(11-14-25)20(27)26(18-5-4-12-24-15-18)30-19-8-6-17(23)7-9-19/h4-9,12,15-16H,10-11,13-14H2,1-3H3. The van der Waals surface area contributed by atoms with Crippen molar-refractivity contribution in [3.63, 3.8) is 0 Å². The van der Waals surface area contributed by atoms with Gasteiger partial charge in [-0.2, -0.15) is 0 Å². The molecule has 160 valence electrons. The molecule has 0 spiro atoms. The Hall–Kier alpha value is -2.80. The van der Waals surface area contributed by atoms with Crippen LogP contribution in [0.5, 0.6) is 5.75 Å². The van der Waals surface area contributed by atoms with Crippen LogP contribution in [0.3, 0.4) is 0 Å². The molecule has 0 aliphatic carbocycles. The number of nitrogens with zero attached hydrogens (tertiary/aromatic N) is 3. The summed E-state index contributed by atoms with van der Waals surface area (Å²) in [5.41, 5.74) is -0.0141. The number of amides is 2. The van der Waals surface area contributed by atoms with Gasteiger partial charge in [0.2, 0.25) is 0 Å². The molecule has 0 saturated carbocycles. The van der Waals surface area contributed by atoms with Crippen LogP contribution in [-0.2, 0) is 9.53 Å². The van der Waals surface area contributed by atoms with Gasteiger partial charge in [-0.05, 0) is 70.0 Å². The molecule has 8 heteroatoms. The summed E-state index contributed by atoms with van der Waals surface area (Å²) in [6.45, 7) is 6.41. The minimum absolute atomic E-state index is 0.179. The summed E-state index contributed by atoms with van der Waals surface area (Å²) in [6.07, 6.45) is 3.91. The lowest BCUT2D eigenvalue weighted by molar-refractivity contribution is -0.128. The molecule has 2 aromatic rings. The maximum Gasteiger partial charge on any atom is 0.410 e. The SMILES string of the molecule is CC(C)(C)OC(=O)N1CCC(C(=O)N(Oc2ccc(Cl)cc2)c2cccnc2)CC1. The Kier molecular flexibility index (Phi) is 6.82. The van der Waals surface area contributed by atoms with Crippen molar-refractivity contribution in [3.05, 3.63) is 53.8 Å². The van der Waals surface area contributed by atoms with E-state index in [2.05, 4.69) is 4.98 Å². The zero-order chi connectivity index (χ0) is 21.7. The van der Waals surface area contributed by atoms with Gasteiger partial charge in [-0.25, -0.2) is 4.79 Å². The number of piperidine rings is 1. The summed E-state index contributed by atoms with van der Waals surface area (Å²) < 4.78 is 5.43. The number of hydroxylamine groups is 1. The molecule has 1 aliphatic heterocycles. The van der Waals surface area contributed by atoms with Crippen LogP contribution in [0.2, 0.25) is 5.02 Å². The van der Waals surface area contributed by atoms with E-state index in [1.165, 1.54) is 5.06 Å². The minimum Gasteiger partial charge on any atom is -0.444 e. The van der Waals surface area contributed by atoms with Crippen molar-refractivity contribution in [2.45, 2.75) is 39.2 Å². The van der Waals surface area contributed by atoms with Crippen LogP contribution in [0, 0.1) is 5.92 Å². The van der Waals surface area contributed by atoms with Crippen LogP contribution in [-0.4, -0.2) is 40.6 Å². The highest BCUT2D eigenvalue weighted by Crippen LogP contribution is 2.26. The Morgan fingerprint density at radius 3 is 2.37 bits per heavy atom. The number of carbonyl (C=O) groups is 2. The lowest BCUT2D eigenvalue weighted by atomic mass is 9.96. The van der Waals surface area contributed by atoms with Gasteiger partial charge >= 0.3 is 6.09 Å². The first-order chi connectivity index (χ1) is 14.2. The second-order valence-corrected chi connectivity index (χ2v) is 8.57. The molecule has 3 rings (SSSR count). The summed E-state index contributed by atoms with van der Waals surface area (Å²) in [5.74, 6) is 0.0285. The lowest BCUT2D eigenvalue weighted by Crippen LogP contribution is -2.46. The van der Waals surface area contributed by atoms with E-state index in [1.807, 2.05) is 20.8 Å². The van der Waals surface area contributed by atoms with Crippen LogP contribution < -0.4 is 9.90 Å². The molecular formula is C22H26ClN3O4. The molecule has 0 N–H and O–H groups in total. The molecular weight excluding hydrogens is 406 g/mol. The van der Waals surface area contributed by atoms with Gasteiger partial charge in [-0.15, -0.1) is 5.06 Å². The largest absolute Gasteiger partial charge is 0.444 e. The number of hydrogen-bond donors (Lipinski definition) is 0. The highest BCUT2D eigenvalue weighted by Gasteiger charge is 2.33. The second-order valence-electron chi connectivity index (χ2n) is 8.13. The zero-order valence-electron chi connectivity index (χ0n) is 17.4. The highest BCUT2D eigenvalue weighted by molar-refractivity contribution is 6.30. The zero-order valence-corrected chi connectivity index (χ0v) is 18.1. The van der Waals surface area contributed by atoms with E-state index in [4.69, 9.17) is 21.2 Å². The Morgan fingerprint density at radius 2 is 1.80 bits per heavy atom. The molecule has 2 amide bonds. The van der Waals surface area contributed by atoms with Crippen LogP contribution in [0.25, 0.3) is 0 Å². The topological polar surface area (TPSA) is 72.0 Å². The highest BCUT2D eigenvalue weighted by atomic mass is 35.5. The number of rotatable bonds is 4. The van der Waals surface area contributed by atoms with Gasteiger partial charge in [0.25, 0.3) is 5.91 Å². The molecule has 0 bridgehead atoms. The quantitative estimate of drug-likeness (QED) is 0.655. The Balaban J connectivity index is 1.69. The molecule has 1 aliphatic rings. The first-order valence-corrected chi connectivity index (χ1v) is 10.3. The number of likely N-dealkylation sites (tertiary alicyclic amines) is 1. The van der Waals surface area contributed by atoms with E-state index < -0.39 is 5.60 Å². The van der Waals surface area contributed by atoms with E-state index in [-0.39, 0.29) is 17.9 Å². The van der Waals surface area contributed by atoms with Gasteiger partial charge in [0.05, 0.1) is 6.20 Å². The predicted octanol–water partition coefficient (Wildman–Crippen LogP) is 4.71. The van der Waals surface area contributed by atoms with Crippen molar-refractivity contribution < 1.29 is 19.2 Å². The number of aromatic nitrogens is 1. The van der Waals surface area contributed by atoms with Crippen molar-refractivity contribution in [1.29, 1.82) is 0 Å². The number of anilines is 1. The van der Waals surface area contributed by atoms with E-state index in [0.717, 1.165) is 0 Å². The smallest absolute Gasteiger partial charge is 0.410 e. The fourth-order valence-electron chi connectivity index (χ4n) is 3.10. The third-order valence-electron chi connectivity index (χ3n) is 4.59. The predicted molar refractivity (Wildman–Crippen MR) is 114 cm³/mol. The first-order valence-electron chi connectivity index (χ1n) is 9.88. The summed E-state index contributed by atoms with van der Waals surface area (Å²) >= 11 is 5.94. The fourth-order valence-corrected chi connectivity index (χ4v) is 3.23. The molecule has 1 aromatic heterocycles. The number of pyridine rings is 1. The first kappa shape index (κ1) is 21.9. The molecule has 7 nitrogen and oxygen atoms in total. The molecule has 30 heavy (non-hydrogen) atoms. The van der Waals surface area contributed by atoms with Crippen molar-refractivity contribution in [2.75, 3.05) is 18.2 Å². The van der Waals surface area contributed by atoms with Gasteiger partial charge in [-0.3, -0.25) is 9.78 Å². The van der Waals surface area contributed by atoms with Crippen LogP contribution in [0.1, 0.15) is 33.6 Å². The molecule has 2 heterocycles. The maximum absolute atomic E-state index is 13.3. The van der Waals surface area contributed by atoms with Gasteiger partial charge in [0, 0.05) is 30.2 Å². The van der Waals surface area contributed by atoms with Gasteiger partial charge in [0.1, 0.15) is 11.3 Å². The minimum atomic E-state index is -0.548. The fraction of sp³-hybridized carbons (Fsp3) is 0.409. The van der Waals surface area contributed by atoms with Gasteiger partial charge in [-0.1, -0.05) is 11.6 Å². The van der Waals surface area contributed by atoms with E-state index in [1.54, 1.807) is 53.7 Å². The van der Waals surface area contributed by atoms with Crippen molar-refractivity contribution in [2.24, 2.45) is 5.92 Å². The van der Waals surface area contributed by atoms with Crippen molar-refractivity contribution >= 4 is 29.3 Å². The number of ether oxygens (including phenoxy) is 1. The number of benzene rings is 1. The Labute approximate surface area is 181 Å². The van der Waals surface area contributed by atoms with Crippen LogP contribution >= 0.6 is 11.6 Å². The summed E-state index contributed by atoms with van der Waals surface area (Å²) in [6, 6.07) is 10.3. The maximum atomic E-state index is 13.3. The monoisotopic (exact) mass is 431 g/mol. The van der Waals surface area contributed by atoms with Gasteiger partial charge in [0.15, 0.2) is 5.75 Å². The number of halogens is 1. The normalized spacial score (nSPS) is 14.9. The Bertz CT molecular complexity index is 860. The molecule has 1 aromatic carbocycles. The lowest BCUT2D eigenvalue weighted by Gasteiger charge is -2.34. The Morgan fingerprint density at radius 1 is 1.13 bits per heavy atom. The molecule has 0 unspecified atom stereocenters. The van der Waals surface area contributed by atoms with Crippen molar-refractivity contribution in [1.82, 2.24) is 9.88 Å². The molecule has 0 atom stereocenters. The van der Waals surface area contributed by atoms with E-state index in [0.29, 0.717) is 42.4 Å². The van der Waals surface area contributed by atoms with Gasteiger partial charge < -0.3 is 14.5 Å². The van der Waals surface area contributed by atoms with Crippen LogP contribution in [0.15, 0.2) is 48.8 Å². The van der Waals surface area contributed by atoms with E-state index in [9.17, 15) is 9.59 Å². The third kappa shape index (κ3) is 5.86. The summed E-state index contributed by atoms with van der Waals surface area (Å²) in [4.78, 5) is 37.2. The number of carbonyl (C=O) groups excluding carboxylic acids is 2. The van der Waals surface area contributed by atoms with E-state index >= 15 is 0 Å². The number of hydrogen-bond acceptors (Lipinski definition) is 5. The molecule has 1 fully saturated rings. The average molecular weight is 432 g/mol. The summed E-state index contributed by atoms with van der Waals surface area (Å²) in [7, 11) is 0. The van der Waals surface area contributed by atoms with Crippen molar-refractivity contribution in [3.8, 4) is 5.75 Å². The average Bonchev–Trinajstić information content (AvgIpc) is 2.72. The second kappa shape index (κ2) is 9.34. The molecule has 1 saturated heterocycles. The van der Waals surface area contributed by atoms with Crippen LogP contribution in [0.4, 0.5) is 10.5 Å². The third-order valence-corrected chi connectivity index (χ3v) is 4.84. The summed E-state index contributed by atoms with van der Waals surface area (Å²) in [5, 5.41) is 1.85. The molecule has 0 radical (unpaired) electrons.